The number of halogens is 4. The molecule has 1 aliphatic rings. The van der Waals surface area contributed by atoms with E-state index in [-0.39, 0.29) is 5.82 Å². The van der Waals surface area contributed by atoms with Crippen LogP contribution in [0.5, 0.6) is 0 Å². The SMILES string of the molecule is NC(=O)C1CCCCN1c1cc(C(F)(F)F)nc(Cl)n1. The molecule has 110 valence electrons. The van der Waals surface area contributed by atoms with Crippen LogP contribution in [0, 0.1) is 0 Å². The van der Waals surface area contributed by atoms with Gasteiger partial charge >= 0.3 is 6.18 Å². The number of primary amides is 1. The average molecular weight is 309 g/mol. The predicted octanol–water partition coefficient (Wildman–Crippen LogP) is 1.99. The van der Waals surface area contributed by atoms with Crippen molar-refractivity contribution in [1.29, 1.82) is 0 Å². The van der Waals surface area contributed by atoms with E-state index in [1.165, 1.54) is 4.90 Å². The molecule has 5 nitrogen and oxygen atoms in total. The van der Waals surface area contributed by atoms with Crippen LogP contribution in [-0.2, 0) is 11.0 Å². The molecule has 0 aromatic carbocycles. The number of carbonyl (C=O) groups excluding carboxylic acids is 1. The number of hydrogen-bond donors (Lipinski definition) is 1. The average Bonchev–Trinajstić information content (AvgIpc) is 2.37. The van der Waals surface area contributed by atoms with Crippen LogP contribution in [0.2, 0.25) is 5.28 Å². The van der Waals surface area contributed by atoms with Gasteiger partial charge in [0.2, 0.25) is 11.2 Å². The van der Waals surface area contributed by atoms with Gasteiger partial charge in [0.25, 0.3) is 0 Å². The first-order valence-electron chi connectivity index (χ1n) is 5.97. The van der Waals surface area contributed by atoms with Crippen molar-refractivity contribution in [2.75, 3.05) is 11.4 Å². The van der Waals surface area contributed by atoms with Crippen molar-refractivity contribution in [2.45, 2.75) is 31.5 Å². The second-order valence-electron chi connectivity index (χ2n) is 4.49. The van der Waals surface area contributed by atoms with Crippen LogP contribution >= 0.6 is 11.6 Å². The Kier molecular flexibility index (Phi) is 4.03. The molecule has 1 unspecified atom stereocenters. The Hall–Kier alpha value is -1.57. The lowest BCUT2D eigenvalue weighted by atomic mass is 10.0. The van der Waals surface area contributed by atoms with E-state index in [2.05, 4.69) is 9.97 Å². The molecule has 1 saturated heterocycles. The van der Waals surface area contributed by atoms with Gasteiger partial charge < -0.3 is 10.6 Å². The molecule has 1 aromatic heterocycles. The predicted molar refractivity (Wildman–Crippen MR) is 66.2 cm³/mol. The van der Waals surface area contributed by atoms with Crippen molar-refractivity contribution >= 4 is 23.3 Å². The summed E-state index contributed by atoms with van der Waals surface area (Å²) in [6, 6.07) is 0.114. The molecule has 1 aromatic rings. The first kappa shape index (κ1) is 14.8. The Morgan fingerprint density at radius 2 is 2.10 bits per heavy atom. The molecular formula is C11H12ClF3N4O. The Morgan fingerprint density at radius 1 is 1.40 bits per heavy atom. The maximum Gasteiger partial charge on any atom is 0.433 e. The number of carbonyl (C=O) groups is 1. The van der Waals surface area contributed by atoms with Gasteiger partial charge in [-0.2, -0.15) is 13.2 Å². The van der Waals surface area contributed by atoms with Crippen LogP contribution in [0.1, 0.15) is 25.0 Å². The second-order valence-corrected chi connectivity index (χ2v) is 4.82. The number of aromatic nitrogens is 2. The Balaban J connectivity index is 2.40. The van der Waals surface area contributed by atoms with Crippen LogP contribution in [0.25, 0.3) is 0 Å². The summed E-state index contributed by atoms with van der Waals surface area (Å²) in [7, 11) is 0. The molecule has 2 rings (SSSR count). The summed E-state index contributed by atoms with van der Waals surface area (Å²) < 4.78 is 38.1. The standard InChI is InChI=1S/C11H12ClF3N4O/c12-10-17-7(11(13,14)15)5-8(18-10)19-4-2-1-3-6(19)9(16)20/h5-6H,1-4H2,(H2,16,20). The summed E-state index contributed by atoms with van der Waals surface area (Å²) in [6.45, 7) is 0.401. The first-order chi connectivity index (χ1) is 9.29. The molecule has 0 aliphatic carbocycles. The minimum Gasteiger partial charge on any atom is -0.368 e. The van der Waals surface area contributed by atoms with Crippen LogP contribution in [0.3, 0.4) is 0 Å². The Morgan fingerprint density at radius 3 is 2.70 bits per heavy atom. The van der Waals surface area contributed by atoms with Gasteiger partial charge in [0, 0.05) is 12.6 Å². The highest BCUT2D eigenvalue weighted by Crippen LogP contribution is 2.32. The van der Waals surface area contributed by atoms with E-state index >= 15 is 0 Å². The lowest BCUT2D eigenvalue weighted by Gasteiger charge is -2.34. The largest absolute Gasteiger partial charge is 0.433 e. The number of anilines is 1. The van der Waals surface area contributed by atoms with Crippen molar-refractivity contribution in [1.82, 2.24) is 9.97 Å². The van der Waals surface area contributed by atoms with Gasteiger partial charge in [-0.15, -0.1) is 0 Å². The van der Waals surface area contributed by atoms with Gasteiger partial charge in [-0.3, -0.25) is 4.79 Å². The molecule has 2 heterocycles. The molecule has 1 fully saturated rings. The number of rotatable bonds is 2. The van der Waals surface area contributed by atoms with Crippen molar-refractivity contribution in [3.63, 3.8) is 0 Å². The van der Waals surface area contributed by atoms with Crippen LogP contribution in [0.4, 0.5) is 19.0 Å². The van der Waals surface area contributed by atoms with E-state index in [0.717, 1.165) is 18.9 Å². The Labute approximate surface area is 117 Å². The van der Waals surface area contributed by atoms with E-state index in [9.17, 15) is 18.0 Å². The highest BCUT2D eigenvalue weighted by molar-refractivity contribution is 6.28. The number of alkyl halides is 3. The summed E-state index contributed by atoms with van der Waals surface area (Å²) in [5, 5.41) is -0.511. The number of nitrogens with zero attached hydrogens (tertiary/aromatic N) is 3. The van der Waals surface area contributed by atoms with E-state index in [1.54, 1.807) is 0 Å². The Bertz CT molecular complexity index is 523. The molecule has 9 heteroatoms. The van der Waals surface area contributed by atoms with E-state index < -0.39 is 29.1 Å². The fourth-order valence-corrected chi connectivity index (χ4v) is 2.38. The maximum absolute atomic E-state index is 12.7. The van der Waals surface area contributed by atoms with Gasteiger partial charge in [-0.05, 0) is 30.9 Å². The summed E-state index contributed by atoms with van der Waals surface area (Å²) in [5.74, 6) is -0.617. The number of piperidine rings is 1. The zero-order chi connectivity index (χ0) is 14.9. The third kappa shape index (κ3) is 3.12. The fraction of sp³-hybridized carbons (Fsp3) is 0.545. The van der Waals surface area contributed by atoms with Crippen LogP contribution < -0.4 is 10.6 Å². The summed E-state index contributed by atoms with van der Waals surface area (Å²) in [6.07, 6.45) is -2.61. The van der Waals surface area contributed by atoms with E-state index in [4.69, 9.17) is 17.3 Å². The van der Waals surface area contributed by atoms with Crippen LogP contribution in [0.15, 0.2) is 6.07 Å². The molecule has 1 atom stereocenters. The normalized spacial score (nSPS) is 20.0. The summed E-state index contributed by atoms with van der Waals surface area (Å²) >= 11 is 5.54. The lowest BCUT2D eigenvalue weighted by Crippen LogP contribution is -2.48. The van der Waals surface area contributed by atoms with Gasteiger partial charge in [-0.1, -0.05) is 0 Å². The minimum atomic E-state index is -4.63. The molecule has 20 heavy (non-hydrogen) atoms. The third-order valence-corrected chi connectivity index (χ3v) is 3.27. The van der Waals surface area contributed by atoms with E-state index in [1.807, 2.05) is 0 Å². The quantitative estimate of drug-likeness (QED) is 0.848. The maximum atomic E-state index is 12.7. The topological polar surface area (TPSA) is 72.1 Å². The van der Waals surface area contributed by atoms with Crippen molar-refractivity contribution in [3.05, 3.63) is 17.0 Å². The first-order valence-corrected chi connectivity index (χ1v) is 6.34. The highest BCUT2D eigenvalue weighted by Gasteiger charge is 2.35. The zero-order valence-corrected chi connectivity index (χ0v) is 11.1. The van der Waals surface area contributed by atoms with Crippen molar-refractivity contribution in [3.8, 4) is 0 Å². The van der Waals surface area contributed by atoms with Gasteiger partial charge in [0.1, 0.15) is 11.9 Å². The van der Waals surface area contributed by atoms with Gasteiger partial charge in [0.05, 0.1) is 0 Å². The summed E-state index contributed by atoms with van der Waals surface area (Å²) in [5.41, 5.74) is 4.14. The molecule has 1 amide bonds. The molecule has 1 aliphatic heterocycles. The molecule has 0 radical (unpaired) electrons. The highest BCUT2D eigenvalue weighted by atomic mass is 35.5. The van der Waals surface area contributed by atoms with Crippen LogP contribution in [-0.4, -0.2) is 28.5 Å². The lowest BCUT2D eigenvalue weighted by molar-refractivity contribution is -0.141. The smallest absolute Gasteiger partial charge is 0.368 e. The number of hydrogen-bond acceptors (Lipinski definition) is 4. The van der Waals surface area contributed by atoms with E-state index in [0.29, 0.717) is 13.0 Å². The van der Waals surface area contributed by atoms with Gasteiger partial charge in [-0.25, -0.2) is 9.97 Å². The van der Waals surface area contributed by atoms with Crippen molar-refractivity contribution in [2.24, 2.45) is 5.73 Å². The summed E-state index contributed by atoms with van der Waals surface area (Å²) in [4.78, 5) is 19.8. The fourth-order valence-electron chi connectivity index (χ4n) is 2.20. The molecule has 0 bridgehead atoms. The molecule has 0 saturated carbocycles. The zero-order valence-electron chi connectivity index (χ0n) is 10.3. The minimum absolute atomic E-state index is 0.0270. The third-order valence-electron chi connectivity index (χ3n) is 3.10. The molecule has 2 N–H and O–H groups in total. The number of amides is 1. The second kappa shape index (κ2) is 5.43. The number of nitrogens with two attached hydrogens (primary N) is 1. The van der Waals surface area contributed by atoms with Crippen molar-refractivity contribution < 1.29 is 18.0 Å². The monoisotopic (exact) mass is 308 g/mol. The molecular weight excluding hydrogens is 297 g/mol. The molecule has 0 spiro atoms. The van der Waals surface area contributed by atoms with Gasteiger partial charge in [0.15, 0.2) is 5.69 Å².